The molecule has 1 aromatic carbocycles. The maximum atomic E-state index is 11.8. The summed E-state index contributed by atoms with van der Waals surface area (Å²) in [5.74, 6) is 2.96. The van der Waals surface area contributed by atoms with Crippen molar-refractivity contribution < 1.29 is 19.0 Å². The van der Waals surface area contributed by atoms with E-state index in [-0.39, 0.29) is 25.1 Å². The van der Waals surface area contributed by atoms with E-state index in [1.165, 1.54) is 12.8 Å². The number of carbonyl (C=O) groups excluding carboxylic acids is 1. The van der Waals surface area contributed by atoms with Gasteiger partial charge in [-0.25, -0.2) is 0 Å². The molecule has 6 nitrogen and oxygen atoms in total. The molecule has 0 unspecified atom stereocenters. The van der Waals surface area contributed by atoms with Crippen LogP contribution >= 0.6 is 12.4 Å². The molecular weight excluding hydrogens is 332 g/mol. The normalized spacial score (nSPS) is 16.3. The van der Waals surface area contributed by atoms with Gasteiger partial charge in [0.25, 0.3) is 0 Å². The molecule has 7 heteroatoms. The molecule has 1 amide bonds. The van der Waals surface area contributed by atoms with Crippen LogP contribution in [0.3, 0.4) is 0 Å². The van der Waals surface area contributed by atoms with Gasteiger partial charge in [-0.2, -0.15) is 0 Å². The third kappa shape index (κ3) is 5.46. The molecule has 0 aliphatic carbocycles. The van der Waals surface area contributed by atoms with E-state index in [2.05, 4.69) is 10.6 Å². The van der Waals surface area contributed by atoms with Gasteiger partial charge in [0.2, 0.25) is 12.7 Å². The number of piperidine rings is 1. The van der Waals surface area contributed by atoms with Crippen LogP contribution in [-0.2, 0) is 4.79 Å². The van der Waals surface area contributed by atoms with Crippen LogP contribution in [0.1, 0.15) is 25.7 Å². The highest BCUT2D eigenvalue weighted by atomic mass is 35.5. The van der Waals surface area contributed by atoms with Gasteiger partial charge >= 0.3 is 0 Å². The number of benzene rings is 1. The van der Waals surface area contributed by atoms with Gasteiger partial charge in [0.05, 0.1) is 6.54 Å². The highest BCUT2D eigenvalue weighted by molar-refractivity contribution is 5.85. The molecule has 2 heterocycles. The zero-order valence-corrected chi connectivity index (χ0v) is 14.5. The quantitative estimate of drug-likeness (QED) is 0.732. The number of ether oxygens (including phenoxy) is 3. The highest BCUT2D eigenvalue weighted by Gasteiger charge is 2.15. The van der Waals surface area contributed by atoms with Crippen molar-refractivity contribution in [3.63, 3.8) is 0 Å². The molecule has 0 aromatic heterocycles. The number of rotatable bonds is 7. The van der Waals surface area contributed by atoms with E-state index in [0.717, 1.165) is 31.0 Å². The molecule has 134 valence electrons. The maximum Gasteiger partial charge on any atom is 0.231 e. The second-order valence-electron chi connectivity index (χ2n) is 5.95. The maximum absolute atomic E-state index is 11.8. The van der Waals surface area contributed by atoms with Crippen molar-refractivity contribution in [1.82, 2.24) is 10.6 Å². The van der Waals surface area contributed by atoms with Gasteiger partial charge in [0, 0.05) is 12.5 Å². The molecular formula is C17H25ClN2O4. The van der Waals surface area contributed by atoms with Gasteiger partial charge in [-0.1, -0.05) is 0 Å². The lowest BCUT2D eigenvalue weighted by Gasteiger charge is -2.22. The summed E-state index contributed by atoms with van der Waals surface area (Å²) in [6.07, 6.45) is 3.95. The zero-order valence-electron chi connectivity index (χ0n) is 13.7. The van der Waals surface area contributed by atoms with Crippen molar-refractivity contribution in [3.05, 3.63) is 18.2 Å². The first-order valence-electron chi connectivity index (χ1n) is 8.31. The molecule has 24 heavy (non-hydrogen) atoms. The topological polar surface area (TPSA) is 68.8 Å². The summed E-state index contributed by atoms with van der Waals surface area (Å²) in [6.45, 7) is 3.37. The third-order valence-electron chi connectivity index (χ3n) is 4.28. The van der Waals surface area contributed by atoms with Crippen LogP contribution in [0.5, 0.6) is 17.2 Å². The fourth-order valence-corrected chi connectivity index (χ4v) is 2.92. The molecule has 0 atom stereocenters. The standard InChI is InChI=1S/C17H24N2O4.ClH/c20-17(4-1-13-5-7-18-8-6-13)19-9-10-21-14-2-3-15-16(11-14)23-12-22-15;/h2-3,11,13,18H,1,4-10,12H2,(H,19,20);1H. The summed E-state index contributed by atoms with van der Waals surface area (Å²) in [4.78, 5) is 11.8. The SMILES string of the molecule is Cl.O=C(CCC1CCNCC1)NCCOc1ccc2c(c1)OCO2. The Morgan fingerprint density at radius 3 is 2.88 bits per heavy atom. The van der Waals surface area contributed by atoms with Crippen molar-refractivity contribution in [3.8, 4) is 17.2 Å². The lowest BCUT2D eigenvalue weighted by Crippen LogP contribution is -2.30. The summed E-state index contributed by atoms with van der Waals surface area (Å²) in [7, 11) is 0. The number of carbonyl (C=O) groups is 1. The number of hydrogen-bond donors (Lipinski definition) is 2. The Hall–Kier alpha value is -1.66. The summed E-state index contributed by atoms with van der Waals surface area (Å²) >= 11 is 0. The summed E-state index contributed by atoms with van der Waals surface area (Å²) in [5.41, 5.74) is 0. The Kier molecular flexibility index (Phi) is 7.46. The largest absolute Gasteiger partial charge is 0.492 e. The fraction of sp³-hybridized carbons (Fsp3) is 0.588. The molecule has 0 radical (unpaired) electrons. The first-order chi connectivity index (χ1) is 11.3. The smallest absolute Gasteiger partial charge is 0.231 e. The van der Waals surface area contributed by atoms with E-state index in [4.69, 9.17) is 14.2 Å². The van der Waals surface area contributed by atoms with Crippen LogP contribution in [0.2, 0.25) is 0 Å². The summed E-state index contributed by atoms with van der Waals surface area (Å²) < 4.78 is 16.2. The van der Waals surface area contributed by atoms with E-state index in [0.29, 0.717) is 31.2 Å². The van der Waals surface area contributed by atoms with Gasteiger partial charge < -0.3 is 24.8 Å². The third-order valence-corrected chi connectivity index (χ3v) is 4.28. The lowest BCUT2D eigenvalue weighted by molar-refractivity contribution is -0.121. The molecule has 2 aliphatic heterocycles. The average Bonchev–Trinajstić information content (AvgIpc) is 3.05. The Labute approximate surface area is 148 Å². The van der Waals surface area contributed by atoms with Gasteiger partial charge in [-0.3, -0.25) is 4.79 Å². The number of amides is 1. The van der Waals surface area contributed by atoms with Crippen LogP contribution in [0.4, 0.5) is 0 Å². The molecule has 2 N–H and O–H groups in total. The highest BCUT2D eigenvalue weighted by Crippen LogP contribution is 2.34. The van der Waals surface area contributed by atoms with Crippen LogP contribution in [0, 0.1) is 5.92 Å². The molecule has 1 saturated heterocycles. The zero-order chi connectivity index (χ0) is 15.9. The minimum atomic E-state index is 0. The first-order valence-corrected chi connectivity index (χ1v) is 8.31. The molecule has 2 aliphatic rings. The molecule has 3 rings (SSSR count). The Balaban J connectivity index is 0.00000208. The average molecular weight is 357 g/mol. The van der Waals surface area contributed by atoms with E-state index in [9.17, 15) is 4.79 Å². The van der Waals surface area contributed by atoms with Crippen molar-refractivity contribution in [2.75, 3.05) is 33.0 Å². The predicted octanol–water partition coefficient (Wildman–Crippen LogP) is 2.11. The number of fused-ring (bicyclic) bond motifs is 1. The van der Waals surface area contributed by atoms with Gasteiger partial charge in [-0.15, -0.1) is 12.4 Å². The molecule has 1 aromatic rings. The number of halogens is 1. The number of nitrogens with one attached hydrogen (secondary N) is 2. The van der Waals surface area contributed by atoms with E-state index >= 15 is 0 Å². The second-order valence-corrected chi connectivity index (χ2v) is 5.95. The van der Waals surface area contributed by atoms with Crippen LogP contribution in [-0.4, -0.2) is 38.9 Å². The molecule has 0 bridgehead atoms. The minimum Gasteiger partial charge on any atom is -0.492 e. The van der Waals surface area contributed by atoms with Crippen molar-refractivity contribution >= 4 is 18.3 Å². The van der Waals surface area contributed by atoms with Crippen molar-refractivity contribution in [2.45, 2.75) is 25.7 Å². The minimum absolute atomic E-state index is 0. The fourth-order valence-electron chi connectivity index (χ4n) is 2.92. The van der Waals surface area contributed by atoms with Gasteiger partial charge in [0.15, 0.2) is 11.5 Å². The van der Waals surface area contributed by atoms with Crippen molar-refractivity contribution in [2.24, 2.45) is 5.92 Å². The molecule has 0 spiro atoms. The predicted molar refractivity (Wildman–Crippen MR) is 93.1 cm³/mol. The molecule has 1 fully saturated rings. The monoisotopic (exact) mass is 356 g/mol. The van der Waals surface area contributed by atoms with Crippen LogP contribution < -0.4 is 24.8 Å². The van der Waals surface area contributed by atoms with Gasteiger partial charge in [-0.05, 0) is 50.4 Å². The van der Waals surface area contributed by atoms with Crippen LogP contribution in [0.25, 0.3) is 0 Å². The van der Waals surface area contributed by atoms with E-state index < -0.39 is 0 Å². The van der Waals surface area contributed by atoms with E-state index in [1.807, 2.05) is 12.1 Å². The second kappa shape index (κ2) is 9.59. The van der Waals surface area contributed by atoms with Gasteiger partial charge in [0.1, 0.15) is 12.4 Å². The number of hydrogen-bond acceptors (Lipinski definition) is 5. The first kappa shape index (κ1) is 18.7. The van der Waals surface area contributed by atoms with Crippen LogP contribution in [0.15, 0.2) is 18.2 Å². The Bertz CT molecular complexity index is 535. The van der Waals surface area contributed by atoms with Crippen molar-refractivity contribution in [1.29, 1.82) is 0 Å². The summed E-state index contributed by atoms with van der Waals surface area (Å²) in [6, 6.07) is 5.48. The summed E-state index contributed by atoms with van der Waals surface area (Å²) in [5, 5.41) is 6.25. The molecule has 0 saturated carbocycles. The Morgan fingerprint density at radius 2 is 2.04 bits per heavy atom. The Morgan fingerprint density at radius 1 is 1.25 bits per heavy atom. The van der Waals surface area contributed by atoms with E-state index in [1.54, 1.807) is 6.07 Å². The lowest BCUT2D eigenvalue weighted by atomic mass is 9.93.